The molecule has 2 N–H and O–H groups in total. The van der Waals surface area contributed by atoms with E-state index < -0.39 is 5.82 Å². The minimum Gasteiger partial charge on any atom is -0.492 e. The van der Waals surface area contributed by atoms with E-state index in [1.807, 2.05) is 24.1 Å². The lowest BCUT2D eigenvalue weighted by atomic mass is 10.2. The summed E-state index contributed by atoms with van der Waals surface area (Å²) in [6.45, 7) is 2.92. The van der Waals surface area contributed by atoms with Crippen LogP contribution in [-0.4, -0.2) is 72.6 Å². The number of fused-ring (bicyclic) bond motifs is 1. The summed E-state index contributed by atoms with van der Waals surface area (Å²) >= 11 is 5.93. The van der Waals surface area contributed by atoms with Gasteiger partial charge in [0.2, 0.25) is 0 Å². The third-order valence-electron chi connectivity index (χ3n) is 5.26. The molecular weight excluding hydrogens is 451 g/mol. The van der Waals surface area contributed by atoms with Crippen LogP contribution in [0.5, 0.6) is 11.5 Å². The number of aliphatic hydroxyl groups is 1. The number of nitrogens with one attached hydrogen (secondary N) is 1. The van der Waals surface area contributed by atoms with Crippen molar-refractivity contribution in [2.45, 2.75) is 12.5 Å². The van der Waals surface area contributed by atoms with Crippen LogP contribution in [0.1, 0.15) is 6.42 Å². The summed E-state index contributed by atoms with van der Waals surface area (Å²) in [5.74, 6) is 1.19. The molecule has 1 unspecified atom stereocenters. The van der Waals surface area contributed by atoms with Crippen LogP contribution >= 0.6 is 11.6 Å². The summed E-state index contributed by atoms with van der Waals surface area (Å²) in [7, 11) is 1.92. The molecule has 4 rings (SSSR count). The lowest BCUT2D eigenvalue weighted by Gasteiger charge is -2.19. The van der Waals surface area contributed by atoms with Gasteiger partial charge in [-0.25, -0.2) is 14.4 Å². The fourth-order valence-electron chi connectivity index (χ4n) is 3.50. The molecule has 176 valence electrons. The van der Waals surface area contributed by atoms with Crippen LogP contribution < -0.4 is 14.8 Å². The van der Waals surface area contributed by atoms with E-state index in [0.29, 0.717) is 66.8 Å². The second-order valence-corrected chi connectivity index (χ2v) is 8.18. The molecule has 0 saturated carbocycles. The molecule has 1 saturated heterocycles. The van der Waals surface area contributed by atoms with Gasteiger partial charge in [0.05, 0.1) is 35.7 Å². The Morgan fingerprint density at radius 3 is 2.91 bits per heavy atom. The van der Waals surface area contributed by atoms with E-state index in [2.05, 4.69) is 15.3 Å². The molecule has 1 aliphatic rings. The largest absolute Gasteiger partial charge is 0.492 e. The van der Waals surface area contributed by atoms with E-state index in [1.54, 1.807) is 6.07 Å². The number of anilines is 2. The number of halogens is 2. The second-order valence-electron chi connectivity index (χ2n) is 7.77. The van der Waals surface area contributed by atoms with Crippen molar-refractivity contribution in [1.82, 2.24) is 14.9 Å². The monoisotopic (exact) mass is 476 g/mol. The Labute approximate surface area is 196 Å². The standard InChI is InChI=1S/C23H26ClFN4O4/c1-29(5-7-30)6-9-32-17-11-20-22(21(12-17)33-16-4-8-31-13-16)23(27-14-26-20)28-15-2-3-19(25)18(24)10-15/h2-3,10-12,14,16,30H,4-9,13H2,1H3,(H,26,27,28). The lowest BCUT2D eigenvalue weighted by molar-refractivity contribution is 0.142. The molecule has 0 amide bonds. The van der Waals surface area contributed by atoms with Crippen LogP contribution in [0.15, 0.2) is 36.7 Å². The van der Waals surface area contributed by atoms with Crippen LogP contribution in [0, 0.1) is 5.82 Å². The number of ether oxygens (including phenoxy) is 3. The summed E-state index contributed by atoms with van der Waals surface area (Å²) in [5, 5.41) is 12.9. The molecule has 2 aromatic carbocycles. The number of likely N-dealkylation sites (N-methyl/N-ethyl adjacent to an activating group) is 1. The molecule has 1 aromatic heterocycles. The van der Waals surface area contributed by atoms with Gasteiger partial charge in [0, 0.05) is 37.3 Å². The van der Waals surface area contributed by atoms with Gasteiger partial charge in [-0.2, -0.15) is 0 Å². The third-order valence-corrected chi connectivity index (χ3v) is 5.55. The molecule has 10 heteroatoms. The first kappa shape index (κ1) is 23.4. The molecule has 1 atom stereocenters. The van der Waals surface area contributed by atoms with E-state index >= 15 is 0 Å². The van der Waals surface area contributed by atoms with E-state index in [4.69, 9.17) is 30.9 Å². The Hall–Kier alpha value is -2.72. The van der Waals surface area contributed by atoms with Crippen LogP contribution in [0.3, 0.4) is 0 Å². The van der Waals surface area contributed by atoms with Crippen LogP contribution in [0.25, 0.3) is 10.9 Å². The summed E-state index contributed by atoms with van der Waals surface area (Å²) < 4.78 is 31.2. The van der Waals surface area contributed by atoms with Crippen LogP contribution in [-0.2, 0) is 4.74 Å². The summed E-state index contributed by atoms with van der Waals surface area (Å²) in [5.41, 5.74) is 1.22. The summed E-state index contributed by atoms with van der Waals surface area (Å²) in [4.78, 5) is 10.8. The van der Waals surface area contributed by atoms with Gasteiger partial charge in [-0.15, -0.1) is 0 Å². The fourth-order valence-corrected chi connectivity index (χ4v) is 3.68. The van der Waals surface area contributed by atoms with Gasteiger partial charge in [0.25, 0.3) is 0 Å². The van der Waals surface area contributed by atoms with Gasteiger partial charge in [-0.3, -0.25) is 0 Å². The highest BCUT2D eigenvalue weighted by molar-refractivity contribution is 6.31. The van der Waals surface area contributed by atoms with E-state index in [-0.39, 0.29) is 17.7 Å². The number of rotatable bonds is 10. The minimum atomic E-state index is -0.494. The molecule has 1 fully saturated rings. The molecule has 3 aromatic rings. The van der Waals surface area contributed by atoms with Gasteiger partial charge < -0.3 is 29.5 Å². The Morgan fingerprint density at radius 2 is 2.15 bits per heavy atom. The number of aromatic nitrogens is 2. The lowest BCUT2D eigenvalue weighted by Crippen LogP contribution is -2.27. The number of hydrogen-bond acceptors (Lipinski definition) is 8. The molecule has 0 spiro atoms. The van der Waals surface area contributed by atoms with E-state index in [9.17, 15) is 4.39 Å². The third kappa shape index (κ3) is 6.00. The van der Waals surface area contributed by atoms with Crippen molar-refractivity contribution in [1.29, 1.82) is 0 Å². The Morgan fingerprint density at radius 1 is 1.27 bits per heavy atom. The zero-order chi connectivity index (χ0) is 23.2. The SMILES string of the molecule is CN(CCO)CCOc1cc(OC2CCOC2)c2c(Nc3ccc(F)c(Cl)c3)ncnc2c1. The maximum absolute atomic E-state index is 13.6. The number of aliphatic hydroxyl groups excluding tert-OH is 1. The highest BCUT2D eigenvalue weighted by Gasteiger charge is 2.21. The van der Waals surface area contributed by atoms with Crippen molar-refractivity contribution < 1.29 is 23.7 Å². The molecule has 2 heterocycles. The molecule has 8 nitrogen and oxygen atoms in total. The first-order chi connectivity index (χ1) is 16.0. The zero-order valence-electron chi connectivity index (χ0n) is 18.3. The van der Waals surface area contributed by atoms with Gasteiger partial charge >= 0.3 is 0 Å². The maximum Gasteiger partial charge on any atom is 0.145 e. The van der Waals surface area contributed by atoms with E-state index in [0.717, 1.165) is 6.42 Å². The van der Waals surface area contributed by atoms with E-state index in [1.165, 1.54) is 18.5 Å². The van der Waals surface area contributed by atoms with Crippen LogP contribution in [0.2, 0.25) is 5.02 Å². The minimum absolute atomic E-state index is 0.0137. The van der Waals surface area contributed by atoms with Crippen molar-refractivity contribution >= 4 is 34.0 Å². The van der Waals surface area contributed by atoms with Gasteiger partial charge in [0.15, 0.2) is 0 Å². The maximum atomic E-state index is 13.6. The number of hydrogen-bond donors (Lipinski definition) is 2. The molecule has 0 bridgehead atoms. The van der Waals surface area contributed by atoms with Gasteiger partial charge in [-0.05, 0) is 25.2 Å². The van der Waals surface area contributed by atoms with Crippen molar-refractivity contribution in [2.24, 2.45) is 0 Å². The number of nitrogens with zero attached hydrogens (tertiary/aromatic N) is 3. The van der Waals surface area contributed by atoms with Crippen LogP contribution in [0.4, 0.5) is 15.9 Å². The fraction of sp³-hybridized carbons (Fsp3) is 0.391. The molecule has 0 aliphatic carbocycles. The smallest absolute Gasteiger partial charge is 0.145 e. The Balaban J connectivity index is 1.64. The highest BCUT2D eigenvalue weighted by Crippen LogP contribution is 2.37. The summed E-state index contributed by atoms with van der Waals surface area (Å²) in [6, 6.07) is 8.02. The first-order valence-corrected chi connectivity index (χ1v) is 11.1. The molecular formula is C23H26ClFN4O4. The average molecular weight is 477 g/mol. The number of benzene rings is 2. The quantitative estimate of drug-likeness (QED) is 0.458. The predicted molar refractivity (Wildman–Crippen MR) is 124 cm³/mol. The molecule has 33 heavy (non-hydrogen) atoms. The van der Waals surface area contributed by atoms with Crippen molar-refractivity contribution in [2.75, 3.05) is 51.9 Å². The average Bonchev–Trinajstić information content (AvgIpc) is 3.29. The zero-order valence-corrected chi connectivity index (χ0v) is 19.0. The second kappa shape index (κ2) is 10.9. The van der Waals surface area contributed by atoms with Gasteiger partial charge in [-0.1, -0.05) is 11.6 Å². The predicted octanol–water partition coefficient (Wildman–Crippen LogP) is 3.64. The Kier molecular flexibility index (Phi) is 7.77. The molecule has 1 aliphatic heterocycles. The highest BCUT2D eigenvalue weighted by atomic mass is 35.5. The van der Waals surface area contributed by atoms with Gasteiger partial charge in [0.1, 0.15) is 42.2 Å². The summed E-state index contributed by atoms with van der Waals surface area (Å²) in [6.07, 6.45) is 2.13. The normalized spacial score (nSPS) is 15.8. The Bertz CT molecular complexity index is 1100. The van der Waals surface area contributed by atoms with Crippen molar-refractivity contribution in [3.05, 3.63) is 47.5 Å². The molecule has 0 radical (unpaired) electrons. The van der Waals surface area contributed by atoms with Crippen molar-refractivity contribution in [3.63, 3.8) is 0 Å². The van der Waals surface area contributed by atoms with Crippen molar-refractivity contribution in [3.8, 4) is 11.5 Å². The topological polar surface area (TPSA) is 89.0 Å². The first-order valence-electron chi connectivity index (χ1n) is 10.7.